The maximum atomic E-state index is 12.4. The van der Waals surface area contributed by atoms with Crippen molar-refractivity contribution in [3.8, 4) is 5.75 Å². The number of benzene rings is 3. The summed E-state index contributed by atoms with van der Waals surface area (Å²) in [5.74, 6) is 0.146. The van der Waals surface area contributed by atoms with Gasteiger partial charge in [-0.1, -0.05) is 35.9 Å². The van der Waals surface area contributed by atoms with Crippen LogP contribution in [0.25, 0.3) is 21.9 Å². The molecule has 0 aliphatic rings. The molecule has 3 aromatic carbocycles. The maximum absolute atomic E-state index is 12.4. The van der Waals surface area contributed by atoms with Crippen LogP contribution < -0.4 is 14.8 Å². The number of rotatable bonds is 7. The van der Waals surface area contributed by atoms with Gasteiger partial charge in [-0.2, -0.15) is 0 Å². The van der Waals surface area contributed by atoms with Gasteiger partial charge < -0.3 is 14.5 Å². The molecule has 0 aliphatic heterocycles. The number of methoxy groups -OCH3 is 1. The first-order chi connectivity index (χ1) is 14.9. The quantitative estimate of drug-likeness (QED) is 0.450. The first-order valence-corrected chi connectivity index (χ1v) is 11.2. The lowest BCUT2D eigenvalue weighted by molar-refractivity contribution is -0.116. The third-order valence-electron chi connectivity index (χ3n) is 4.95. The molecule has 0 aliphatic carbocycles. The zero-order valence-corrected chi connectivity index (χ0v) is 18.0. The first-order valence-electron chi connectivity index (χ1n) is 9.73. The van der Waals surface area contributed by atoms with Gasteiger partial charge >= 0.3 is 0 Å². The second kappa shape index (κ2) is 8.41. The van der Waals surface area contributed by atoms with E-state index in [1.807, 2.05) is 37.3 Å². The number of carbonyl (C=O) groups excluding carboxylic acids is 1. The fourth-order valence-electron chi connectivity index (χ4n) is 3.33. The highest BCUT2D eigenvalue weighted by molar-refractivity contribution is 7.89. The van der Waals surface area contributed by atoms with Gasteiger partial charge in [-0.15, -0.1) is 0 Å². The van der Waals surface area contributed by atoms with E-state index in [1.54, 1.807) is 18.2 Å². The van der Waals surface area contributed by atoms with Gasteiger partial charge in [-0.05, 0) is 31.2 Å². The number of furan rings is 1. The monoisotopic (exact) mass is 438 g/mol. The van der Waals surface area contributed by atoms with Crippen molar-refractivity contribution < 1.29 is 22.4 Å². The summed E-state index contributed by atoms with van der Waals surface area (Å²) in [5.41, 5.74) is 2.79. The first kappa shape index (κ1) is 20.9. The van der Waals surface area contributed by atoms with Crippen LogP contribution >= 0.6 is 0 Å². The van der Waals surface area contributed by atoms with Crippen LogP contribution in [0.3, 0.4) is 0 Å². The van der Waals surface area contributed by atoms with Crippen LogP contribution in [-0.4, -0.2) is 28.0 Å². The Morgan fingerprint density at radius 1 is 1.00 bits per heavy atom. The minimum atomic E-state index is -3.67. The van der Waals surface area contributed by atoms with Gasteiger partial charge in [-0.3, -0.25) is 4.79 Å². The molecular weight excluding hydrogens is 416 g/mol. The molecule has 0 spiro atoms. The highest BCUT2D eigenvalue weighted by atomic mass is 32.2. The minimum Gasteiger partial charge on any atom is -0.495 e. The van der Waals surface area contributed by atoms with Crippen LogP contribution in [0.1, 0.15) is 12.0 Å². The molecule has 7 nitrogen and oxygen atoms in total. The van der Waals surface area contributed by atoms with Gasteiger partial charge in [0.1, 0.15) is 16.9 Å². The number of ether oxygens (including phenoxy) is 1. The van der Waals surface area contributed by atoms with E-state index in [-0.39, 0.29) is 23.8 Å². The van der Waals surface area contributed by atoms with Crippen molar-refractivity contribution in [1.29, 1.82) is 0 Å². The Bertz CT molecular complexity index is 1360. The normalized spacial score (nSPS) is 11.7. The predicted octanol–water partition coefficient (Wildman–Crippen LogP) is 4.21. The molecule has 1 amide bonds. The number of carbonyl (C=O) groups is 1. The maximum Gasteiger partial charge on any atom is 0.240 e. The van der Waals surface area contributed by atoms with Crippen molar-refractivity contribution >= 4 is 43.6 Å². The van der Waals surface area contributed by atoms with Gasteiger partial charge in [0, 0.05) is 29.8 Å². The highest BCUT2D eigenvalue weighted by Crippen LogP contribution is 2.36. The predicted molar refractivity (Wildman–Crippen MR) is 120 cm³/mol. The van der Waals surface area contributed by atoms with E-state index < -0.39 is 10.0 Å². The van der Waals surface area contributed by atoms with Crippen molar-refractivity contribution in [2.24, 2.45) is 0 Å². The Kier molecular flexibility index (Phi) is 5.67. The molecule has 1 aromatic heterocycles. The average molecular weight is 439 g/mol. The van der Waals surface area contributed by atoms with E-state index in [9.17, 15) is 13.2 Å². The number of hydrogen-bond donors (Lipinski definition) is 2. The summed E-state index contributed by atoms with van der Waals surface area (Å²) in [6, 6.07) is 17.7. The van der Waals surface area contributed by atoms with Gasteiger partial charge in [0.15, 0.2) is 0 Å². The fourth-order valence-corrected chi connectivity index (χ4v) is 4.36. The molecule has 0 saturated heterocycles. The van der Waals surface area contributed by atoms with Gasteiger partial charge in [-0.25, -0.2) is 13.1 Å². The number of amides is 1. The molecule has 0 bridgehead atoms. The molecule has 160 valence electrons. The van der Waals surface area contributed by atoms with Crippen LogP contribution in [0.15, 0.2) is 70.0 Å². The summed E-state index contributed by atoms with van der Waals surface area (Å²) in [6.07, 6.45) is -0.0353. The van der Waals surface area contributed by atoms with Gasteiger partial charge in [0.05, 0.1) is 17.7 Å². The van der Waals surface area contributed by atoms with E-state index in [4.69, 9.17) is 9.15 Å². The Hall–Kier alpha value is -3.36. The van der Waals surface area contributed by atoms with Crippen LogP contribution in [0, 0.1) is 6.92 Å². The van der Waals surface area contributed by atoms with Crippen LogP contribution in [0.4, 0.5) is 5.69 Å². The van der Waals surface area contributed by atoms with E-state index in [2.05, 4.69) is 10.0 Å². The standard InChI is InChI=1S/C23H22N2O5S/c1-15-7-9-16(10-8-15)31(27,28)24-12-11-23(26)25-19-14-21-18(13-22(19)29-2)17-5-3-4-6-20(17)30-21/h3-10,13-14,24H,11-12H2,1-2H3,(H,25,26). The minimum absolute atomic E-state index is 0.0305. The Balaban J connectivity index is 1.45. The van der Waals surface area contributed by atoms with Crippen LogP contribution in [-0.2, 0) is 14.8 Å². The molecule has 0 unspecified atom stereocenters. The zero-order valence-electron chi connectivity index (χ0n) is 17.1. The summed E-state index contributed by atoms with van der Waals surface area (Å²) >= 11 is 0. The molecule has 1 heterocycles. The zero-order chi connectivity index (χ0) is 22.0. The van der Waals surface area contributed by atoms with Crippen molar-refractivity contribution in [3.05, 3.63) is 66.2 Å². The third kappa shape index (κ3) is 4.40. The summed E-state index contributed by atoms with van der Waals surface area (Å²) in [7, 11) is -2.15. The Labute approximate surface area is 180 Å². The molecule has 0 saturated carbocycles. The summed E-state index contributed by atoms with van der Waals surface area (Å²) in [6.45, 7) is 1.85. The van der Waals surface area contributed by atoms with E-state index in [1.165, 1.54) is 19.2 Å². The van der Waals surface area contributed by atoms with Crippen molar-refractivity contribution in [2.45, 2.75) is 18.2 Å². The second-order valence-corrected chi connectivity index (χ2v) is 8.92. The number of hydrogen-bond acceptors (Lipinski definition) is 5. The number of sulfonamides is 1. The molecule has 8 heteroatoms. The number of anilines is 1. The second-order valence-electron chi connectivity index (χ2n) is 7.16. The van der Waals surface area contributed by atoms with E-state index in [0.717, 1.165) is 21.9 Å². The number of para-hydroxylation sites is 1. The molecular formula is C23H22N2O5S. The largest absolute Gasteiger partial charge is 0.495 e. The highest BCUT2D eigenvalue weighted by Gasteiger charge is 2.16. The number of aryl methyl sites for hydroxylation is 1. The summed E-state index contributed by atoms with van der Waals surface area (Å²) in [5, 5.41) is 4.62. The summed E-state index contributed by atoms with van der Waals surface area (Å²) in [4.78, 5) is 12.6. The fraction of sp³-hybridized carbons (Fsp3) is 0.174. The molecule has 31 heavy (non-hydrogen) atoms. The SMILES string of the molecule is COc1cc2c(cc1NC(=O)CCNS(=O)(=O)c1ccc(C)cc1)oc1ccccc12. The summed E-state index contributed by atoms with van der Waals surface area (Å²) < 4.78 is 38.4. The number of fused-ring (bicyclic) bond motifs is 3. The Morgan fingerprint density at radius 3 is 2.48 bits per heavy atom. The van der Waals surface area contributed by atoms with Gasteiger partial charge in [0.2, 0.25) is 15.9 Å². The van der Waals surface area contributed by atoms with Crippen molar-refractivity contribution in [1.82, 2.24) is 4.72 Å². The van der Waals surface area contributed by atoms with Crippen LogP contribution in [0.2, 0.25) is 0 Å². The number of nitrogens with one attached hydrogen (secondary N) is 2. The average Bonchev–Trinajstić information content (AvgIpc) is 3.10. The van der Waals surface area contributed by atoms with Crippen LogP contribution in [0.5, 0.6) is 5.75 Å². The molecule has 4 rings (SSSR count). The Morgan fingerprint density at radius 2 is 1.74 bits per heavy atom. The topological polar surface area (TPSA) is 97.6 Å². The van der Waals surface area contributed by atoms with Gasteiger partial charge in [0.25, 0.3) is 0 Å². The molecule has 2 N–H and O–H groups in total. The smallest absolute Gasteiger partial charge is 0.240 e. The molecule has 0 radical (unpaired) electrons. The third-order valence-corrected chi connectivity index (χ3v) is 6.43. The van der Waals surface area contributed by atoms with Crippen molar-refractivity contribution in [3.63, 3.8) is 0 Å². The molecule has 0 atom stereocenters. The lowest BCUT2D eigenvalue weighted by atomic mass is 10.1. The van der Waals surface area contributed by atoms with Crippen molar-refractivity contribution in [2.75, 3.05) is 19.0 Å². The molecule has 0 fully saturated rings. The molecule has 4 aromatic rings. The lowest BCUT2D eigenvalue weighted by Crippen LogP contribution is -2.27. The van der Waals surface area contributed by atoms with E-state index in [0.29, 0.717) is 17.0 Å². The lowest BCUT2D eigenvalue weighted by Gasteiger charge is -2.11. The van der Waals surface area contributed by atoms with E-state index >= 15 is 0 Å².